The molecule has 0 amide bonds. The Morgan fingerprint density at radius 2 is 1.73 bits per heavy atom. The number of hydrogen-bond acceptors (Lipinski definition) is 3. The molecule has 15 heavy (non-hydrogen) atoms. The van der Waals surface area contributed by atoms with Crippen LogP contribution in [0.2, 0.25) is 0 Å². The van der Waals surface area contributed by atoms with E-state index in [1.165, 1.54) is 12.1 Å². The van der Waals surface area contributed by atoms with Crippen LogP contribution in [0.25, 0.3) is 0 Å². The molecule has 0 atom stereocenters. The summed E-state index contributed by atoms with van der Waals surface area (Å²) in [5, 5.41) is 0. The maximum absolute atomic E-state index is 12.8. The third-order valence-corrected chi connectivity index (χ3v) is 1.85. The summed E-state index contributed by atoms with van der Waals surface area (Å²) in [7, 11) is 0. The lowest BCUT2D eigenvalue weighted by atomic mass is 10.3. The van der Waals surface area contributed by atoms with E-state index in [2.05, 4.69) is 0 Å². The number of fused-ring (bicyclic) bond motifs is 1. The van der Waals surface area contributed by atoms with Gasteiger partial charge in [-0.3, -0.25) is 0 Å². The van der Waals surface area contributed by atoms with Gasteiger partial charge in [-0.2, -0.15) is 8.78 Å². The fourth-order valence-electron chi connectivity index (χ4n) is 1.17. The molecule has 0 saturated carbocycles. The SMILES string of the molecule is Cl.Nc1ccc2c(c1)OCC(F)(F)CO2. The molecule has 1 aromatic rings. The van der Waals surface area contributed by atoms with Crippen molar-refractivity contribution in [3.8, 4) is 11.5 Å². The van der Waals surface area contributed by atoms with Gasteiger partial charge < -0.3 is 15.2 Å². The van der Waals surface area contributed by atoms with Crippen LogP contribution in [-0.2, 0) is 0 Å². The van der Waals surface area contributed by atoms with Crippen LogP contribution < -0.4 is 15.2 Å². The average Bonchev–Trinajstić information content (AvgIpc) is 2.26. The van der Waals surface area contributed by atoms with Crippen molar-refractivity contribution in [2.75, 3.05) is 18.9 Å². The van der Waals surface area contributed by atoms with E-state index in [4.69, 9.17) is 15.2 Å². The van der Waals surface area contributed by atoms with Crippen molar-refractivity contribution in [2.24, 2.45) is 0 Å². The van der Waals surface area contributed by atoms with Crippen LogP contribution in [0, 0.1) is 0 Å². The van der Waals surface area contributed by atoms with Crippen molar-refractivity contribution in [3.05, 3.63) is 18.2 Å². The van der Waals surface area contributed by atoms with Crippen LogP contribution in [0.4, 0.5) is 14.5 Å². The molecule has 0 unspecified atom stereocenters. The Labute approximate surface area is 91.6 Å². The summed E-state index contributed by atoms with van der Waals surface area (Å²) in [5.41, 5.74) is 5.93. The molecule has 0 saturated heterocycles. The van der Waals surface area contributed by atoms with E-state index < -0.39 is 19.1 Å². The third-order valence-electron chi connectivity index (χ3n) is 1.85. The van der Waals surface area contributed by atoms with Crippen molar-refractivity contribution in [1.29, 1.82) is 0 Å². The molecule has 1 aromatic carbocycles. The summed E-state index contributed by atoms with van der Waals surface area (Å²) in [6, 6.07) is 4.56. The highest BCUT2D eigenvalue weighted by Crippen LogP contribution is 2.34. The number of nitrogens with two attached hydrogens (primary N) is 1. The van der Waals surface area contributed by atoms with E-state index in [0.717, 1.165) is 0 Å². The first kappa shape index (κ1) is 11.8. The predicted octanol–water partition coefficient (Wildman–Crippen LogP) is 2.10. The van der Waals surface area contributed by atoms with Gasteiger partial charge in [-0.1, -0.05) is 0 Å². The standard InChI is InChI=1S/C9H9F2NO2.ClH/c10-9(11)4-13-7-2-1-6(12)3-8(7)14-5-9;/h1-3H,4-5,12H2;1H. The number of alkyl halides is 2. The van der Waals surface area contributed by atoms with Gasteiger partial charge in [-0.25, -0.2) is 0 Å². The van der Waals surface area contributed by atoms with Gasteiger partial charge in [-0.05, 0) is 12.1 Å². The van der Waals surface area contributed by atoms with Crippen molar-refractivity contribution >= 4 is 18.1 Å². The van der Waals surface area contributed by atoms with E-state index >= 15 is 0 Å². The molecule has 84 valence electrons. The summed E-state index contributed by atoms with van der Waals surface area (Å²) in [5.74, 6) is -2.38. The summed E-state index contributed by atoms with van der Waals surface area (Å²) >= 11 is 0. The summed E-state index contributed by atoms with van der Waals surface area (Å²) < 4.78 is 35.5. The monoisotopic (exact) mass is 237 g/mol. The molecule has 6 heteroatoms. The van der Waals surface area contributed by atoms with Crippen LogP contribution >= 0.6 is 12.4 Å². The minimum atomic E-state index is -2.95. The molecule has 0 fully saturated rings. The Morgan fingerprint density at radius 1 is 1.13 bits per heavy atom. The molecular formula is C9H10ClF2NO2. The highest BCUT2D eigenvalue weighted by Gasteiger charge is 2.34. The summed E-state index contributed by atoms with van der Waals surface area (Å²) in [6.07, 6.45) is 0. The first-order valence-electron chi connectivity index (χ1n) is 4.10. The van der Waals surface area contributed by atoms with Crippen molar-refractivity contribution in [1.82, 2.24) is 0 Å². The molecule has 3 nitrogen and oxygen atoms in total. The molecule has 0 spiro atoms. The van der Waals surface area contributed by atoms with Crippen LogP contribution in [-0.4, -0.2) is 19.1 Å². The summed E-state index contributed by atoms with van der Waals surface area (Å²) in [6.45, 7) is -1.34. The number of ether oxygens (including phenoxy) is 2. The average molecular weight is 238 g/mol. The Morgan fingerprint density at radius 3 is 2.40 bits per heavy atom. The Balaban J connectivity index is 0.00000112. The van der Waals surface area contributed by atoms with Gasteiger partial charge in [0, 0.05) is 11.8 Å². The molecular weight excluding hydrogens is 228 g/mol. The maximum Gasteiger partial charge on any atom is 0.314 e. The van der Waals surface area contributed by atoms with Crippen molar-refractivity contribution < 1.29 is 18.3 Å². The highest BCUT2D eigenvalue weighted by atomic mass is 35.5. The smallest absolute Gasteiger partial charge is 0.314 e. The number of halogens is 3. The van der Waals surface area contributed by atoms with Gasteiger partial charge in [0.05, 0.1) is 0 Å². The lowest BCUT2D eigenvalue weighted by Crippen LogP contribution is -2.30. The van der Waals surface area contributed by atoms with Gasteiger partial charge in [0.2, 0.25) is 0 Å². The van der Waals surface area contributed by atoms with E-state index in [1.54, 1.807) is 6.07 Å². The second kappa shape index (κ2) is 4.10. The molecule has 0 radical (unpaired) electrons. The number of rotatable bonds is 0. The number of hydrogen-bond donors (Lipinski definition) is 1. The largest absolute Gasteiger partial charge is 0.483 e. The van der Waals surface area contributed by atoms with Gasteiger partial charge in [-0.15, -0.1) is 12.4 Å². The van der Waals surface area contributed by atoms with Gasteiger partial charge in [0.1, 0.15) is 0 Å². The van der Waals surface area contributed by atoms with E-state index in [-0.39, 0.29) is 18.2 Å². The zero-order valence-corrected chi connectivity index (χ0v) is 8.52. The topological polar surface area (TPSA) is 44.5 Å². The van der Waals surface area contributed by atoms with Gasteiger partial charge in [0.15, 0.2) is 24.7 Å². The van der Waals surface area contributed by atoms with Crippen LogP contribution in [0.5, 0.6) is 11.5 Å². The van der Waals surface area contributed by atoms with Gasteiger partial charge >= 0.3 is 5.92 Å². The van der Waals surface area contributed by atoms with E-state index in [0.29, 0.717) is 11.4 Å². The summed E-state index contributed by atoms with van der Waals surface area (Å²) in [4.78, 5) is 0. The molecule has 0 aliphatic carbocycles. The number of benzene rings is 1. The minimum Gasteiger partial charge on any atom is -0.483 e. The fraction of sp³-hybridized carbons (Fsp3) is 0.333. The molecule has 2 rings (SSSR count). The normalized spacial score (nSPS) is 17.5. The second-order valence-corrected chi connectivity index (χ2v) is 3.14. The minimum absolute atomic E-state index is 0. The van der Waals surface area contributed by atoms with E-state index in [9.17, 15) is 8.78 Å². The zero-order chi connectivity index (χ0) is 10.2. The third kappa shape index (κ3) is 2.62. The van der Waals surface area contributed by atoms with Gasteiger partial charge in [0.25, 0.3) is 0 Å². The van der Waals surface area contributed by atoms with Crippen LogP contribution in [0.15, 0.2) is 18.2 Å². The lowest BCUT2D eigenvalue weighted by Gasteiger charge is -2.10. The Hall–Kier alpha value is -1.23. The highest BCUT2D eigenvalue weighted by molar-refractivity contribution is 5.85. The van der Waals surface area contributed by atoms with E-state index in [1.807, 2.05) is 0 Å². The number of anilines is 1. The predicted molar refractivity (Wildman–Crippen MR) is 54.0 cm³/mol. The molecule has 0 aromatic heterocycles. The van der Waals surface area contributed by atoms with Crippen LogP contribution in [0.3, 0.4) is 0 Å². The quantitative estimate of drug-likeness (QED) is 0.703. The Kier molecular flexibility index (Phi) is 3.24. The zero-order valence-electron chi connectivity index (χ0n) is 7.70. The van der Waals surface area contributed by atoms with Crippen molar-refractivity contribution in [3.63, 3.8) is 0 Å². The van der Waals surface area contributed by atoms with Crippen molar-refractivity contribution in [2.45, 2.75) is 5.92 Å². The lowest BCUT2D eigenvalue weighted by molar-refractivity contribution is -0.0622. The first-order chi connectivity index (χ1) is 6.57. The molecule has 0 bridgehead atoms. The Bertz CT molecular complexity index is 360. The van der Waals surface area contributed by atoms with Crippen LogP contribution in [0.1, 0.15) is 0 Å². The molecule has 1 aliphatic rings. The number of nitrogen functional groups attached to an aromatic ring is 1. The second-order valence-electron chi connectivity index (χ2n) is 3.14. The maximum atomic E-state index is 12.8. The molecule has 1 aliphatic heterocycles. The fourth-order valence-corrected chi connectivity index (χ4v) is 1.17. The first-order valence-corrected chi connectivity index (χ1v) is 4.10. The molecule has 1 heterocycles. The molecule has 2 N–H and O–H groups in total.